The number of aliphatic hydroxyl groups is 1. The summed E-state index contributed by atoms with van der Waals surface area (Å²) in [6, 6.07) is 15.7. The Morgan fingerprint density at radius 1 is 1.08 bits per heavy atom. The van der Waals surface area contributed by atoms with Gasteiger partial charge in [-0.1, -0.05) is 12.1 Å². The van der Waals surface area contributed by atoms with Gasteiger partial charge in [0.2, 0.25) is 0 Å². The third-order valence-electron chi connectivity index (χ3n) is 9.15. The van der Waals surface area contributed by atoms with Crippen molar-refractivity contribution in [3.05, 3.63) is 71.0 Å². The van der Waals surface area contributed by atoms with Gasteiger partial charge in [0.05, 0.1) is 18.9 Å². The zero-order valence-corrected chi connectivity index (χ0v) is 22.1. The van der Waals surface area contributed by atoms with Crippen molar-refractivity contribution < 1.29 is 19.4 Å². The van der Waals surface area contributed by atoms with Gasteiger partial charge in [-0.3, -0.25) is 14.5 Å². The molecule has 0 unspecified atom stereocenters. The first-order valence-corrected chi connectivity index (χ1v) is 13.7. The number of likely N-dealkylation sites (tertiary alicyclic amines) is 1. The summed E-state index contributed by atoms with van der Waals surface area (Å²) in [7, 11) is 1.60. The Balaban J connectivity index is 1.23. The second-order valence-corrected chi connectivity index (χ2v) is 11.7. The Morgan fingerprint density at radius 2 is 1.77 bits per heavy atom. The molecule has 3 fully saturated rings. The number of primary amides is 1. The lowest BCUT2D eigenvalue weighted by Gasteiger charge is -2.34. The van der Waals surface area contributed by atoms with Gasteiger partial charge in [-0.25, -0.2) is 4.68 Å². The van der Waals surface area contributed by atoms with Crippen molar-refractivity contribution in [3.8, 4) is 11.4 Å². The molecule has 1 atom stereocenters. The molecule has 2 saturated carbocycles. The molecule has 9 heteroatoms. The van der Waals surface area contributed by atoms with Crippen molar-refractivity contribution >= 4 is 17.5 Å². The lowest BCUT2D eigenvalue weighted by Crippen LogP contribution is -2.44. The van der Waals surface area contributed by atoms with Crippen LogP contribution in [0.4, 0.5) is 5.69 Å². The molecule has 39 heavy (non-hydrogen) atoms. The van der Waals surface area contributed by atoms with E-state index in [-0.39, 0.29) is 28.5 Å². The quantitative estimate of drug-likeness (QED) is 0.489. The van der Waals surface area contributed by atoms with E-state index >= 15 is 0 Å². The number of aromatic nitrogens is 2. The molecule has 1 saturated heterocycles. The molecule has 2 aliphatic carbocycles. The molecule has 1 aromatic heterocycles. The first-order valence-electron chi connectivity index (χ1n) is 13.7. The Bertz CT molecular complexity index is 1450. The molecular weight excluding hydrogens is 494 g/mol. The molecule has 2 aliphatic heterocycles. The number of rotatable bonds is 7. The van der Waals surface area contributed by atoms with Gasteiger partial charge < -0.3 is 20.5 Å². The van der Waals surface area contributed by atoms with Crippen LogP contribution in [-0.4, -0.2) is 71.0 Å². The van der Waals surface area contributed by atoms with Crippen molar-refractivity contribution in [3.63, 3.8) is 0 Å². The van der Waals surface area contributed by atoms with Crippen molar-refractivity contribution in [2.45, 2.75) is 49.0 Å². The molecule has 0 radical (unpaired) electrons. The van der Waals surface area contributed by atoms with Crippen molar-refractivity contribution in [1.82, 2.24) is 14.7 Å². The number of methoxy groups -OCH3 is 1. The smallest absolute Gasteiger partial charge is 0.277 e. The molecule has 2 amide bonds. The van der Waals surface area contributed by atoms with E-state index < -0.39 is 5.91 Å². The zero-order valence-electron chi connectivity index (χ0n) is 22.1. The van der Waals surface area contributed by atoms with Crippen molar-refractivity contribution in [2.24, 2.45) is 5.73 Å². The topological polar surface area (TPSA) is 114 Å². The standard InChI is InChI=1S/C30H33N5O4/c1-39-23-8-6-21(7-9-23)35-26-24(25(32-35)27(31)37)30(13-14-30)18-34(28(26)38)20-4-2-19(3-5-20)29(11-12-29)17-33-15-10-22(36)16-33/h2-9,22,36H,10-18H2,1H3,(H2,31,37)/t22-/m1/s1. The molecule has 3 heterocycles. The Kier molecular flexibility index (Phi) is 5.41. The summed E-state index contributed by atoms with van der Waals surface area (Å²) < 4.78 is 6.86. The van der Waals surface area contributed by atoms with Gasteiger partial charge in [-0.2, -0.15) is 5.10 Å². The number of amides is 2. The van der Waals surface area contributed by atoms with Crippen LogP contribution in [0.3, 0.4) is 0 Å². The van der Waals surface area contributed by atoms with E-state index in [1.54, 1.807) is 23.9 Å². The Morgan fingerprint density at radius 3 is 2.33 bits per heavy atom. The van der Waals surface area contributed by atoms with Crippen molar-refractivity contribution in [2.75, 3.05) is 38.2 Å². The average molecular weight is 528 g/mol. The number of benzene rings is 2. The number of nitrogens with two attached hydrogens (primary N) is 1. The number of anilines is 1. The van der Waals surface area contributed by atoms with E-state index in [0.717, 1.165) is 57.4 Å². The summed E-state index contributed by atoms with van der Waals surface area (Å²) >= 11 is 0. The average Bonchev–Trinajstić information content (AvgIpc) is 3.82. The molecule has 3 N–H and O–H groups in total. The Hall–Kier alpha value is -3.69. The summed E-state index contributed by atoms with van der Waals surface area (Å²) in [6.07, 6.45) is 4.67. The minimum Gasteiger partial charge on any atom is -0.497 e. The predicted octanol–water partition coefficient (Wildman–Crippen LogP) is 2.77. The van der Waals surface area contributed by atoms with Crippen LogP contribution in [0.15, 0.2) is 48.5 Å². The van der Waals surface area contributed by atoms with E-state index in [4.69, 9.17) is 10.5 Å². The molecule has 7 rings (SSSR count). The third kappa shape index (κ3) is 3.94. The first-order chi connectivity index (χ1) is 18.8. The van der Waals surface area contributed by atoms with E-state index in [2.05, 4.69) is 34.3 Å². The van der Waals surface area contributed by atoms with E-state index in [1.165, 1.54) is 5.56 Å². The molecule has 2 aromatic carbocycles. The summed E-state index contributed by atoms with van der Waals surface area (Å²) in [4.78, 5) is 30.8. The number of nitrogens with zero attached hydrogens (tertiary/aromatic N) is 4. The molecule has 4 aliphatic rings. The molecule has 1 spiro atoms. The lowest BCUT2D eigenvalue weighted by atomic mass is 9.87. The molecule has 9 nitrogen and oxygen atoms in total. The van der Waals surface area contributed by atoms with Crippen LogP contribution in [0, 0.1) is 0 Å². The fourth-order valence-electron chi connectivity index (χ4n) is 6.62. The minimum atomic E-state index is -0.615. The Labute approximate surface area is 227 Å². The molecule has 3 aromatic rings. The summed E-state index contributed by atoms with van der Waals surface area (Å²) in [6.45, 7) is 3.17. The monoisotopic (exact) mass is 527 g/mol. The van der Waals surface area contributed by atoms with Crippen LogP contribution in [0.5, 0.6) is 5.75 Å². The number of aliphatic hydroxyl groups excluding tert-OH is 1. The number of carbonyl (C=O) groups excluding carboxylic acids is 2. The molecular formula is C30H33N5O4. The van der Waals surface area contributed by atoms with Gasteiger partial charge in [0, 0.05) is 48.3 Å². The number of β-amino-alcohol motifs (C(OH)–C–C–N with tert-alkyl or cyclic N) is 1. The number of hydrogen-bond donors (Lipinski definition) is 2. The largest absolute Gasteiger partial charge is 0.497 e. The first kappa shape index (κ1) is 24.4. The second kappa shape index (κ2) is 8.66. The van der Waals surface area contributed by atoms with Gasteiger partial charge in [-0.15, -0.1) is 0 Å². The minimum absolute atomic E-state index is 0.142. The van der Waals surface area contributed by atoms with Gasteiger partial charge in [-0.05, 0) is 74.1 Å². The van der Waals surface area contributed by atoms with Crippen LogP contribution in [-0.2, 0) is 10.8 Å². The second-order valence-electron chi connectivity index (χ2n) is 11.7. The van der Waals surface area contributed by atoms with Crippen LogP contribution in [0.1, 0.15) is 64.2 Å². The number of ether oxygens (including phenoxy) is 1. The number of fused-ring (bicyclic) bond motifs is 2. The molecule has 202 valence electrons. The van der Waals surface area contributed by atoms with Gasteiger partial charge in [0.15, 0.2) is 5.69 Å². The fourth-order valence-corrected chi connectivity index (χ4v) is 6.62. The SMILES string of the molecule is COc1ccc(-n2nc(C(N)=O)c3c2C(=O)N(c2ccc(C4(CN5CC[C@@H](O)C5)CC4)cc2)CC32CC2)cc1. The van der Waals surface area contributed by atoms with E-state index in [1.807, 2.05) is 17.0 Å². The van der Waals surface area contributed by atoms with Gasteiger partial charge in [0.25, 0.3) is 11.8 Å². The highest BCUT2D eigenvalue weighted by Gasteiger charge is 2.56. The normalized spacial score (nSPS) is 22.7. The van der Waals surface area contributed by atoms with E-state index in [0.29, 0.717) is 29.2 Å². The van der Waals surface area contributed by atoms with Crippen molar-refractivity contribution in [1.29, 1.82) is 0 Å². The summed E-state index contributed by atoms with van der Waals surface area (Å²) in [5.74, 6) is -0.107. The molecule has 0 bridgehead atoms. The van der Waals surface area contributed by atoms with Crippen LogP contribution >= 0.6 is 0 Å². The maximum Gasteiger partial charge on any atom is 0.277 e. The number of hydrogen-bond acceptors (Lipinski definition) is 6. The lowest BCUT2D eigenvalue weighted by molar-refractivity contribution is 0.0966. The van der Waals surface area contributed by atoms with Crippen LogP contribution in [0.25, 0.3) is 5.69 Å². The van der Waals surface area contributed by atoms with Gasteiger partial charge >= 0.3 is 0 Å². The fraction of sp³-hybridized carbons (Fsp3) is 0.433. The van der Waals surface area contributed by atoms with E-state index in [9.17, 15) is 14.7 Å². The highest BCUT2D eigenvalue weighted by molar-refractivity contribution is 6.10. The summed E-state index contributed by atoms with van der Waals surface area (Å²) in [5, 5.41) is 14.5. The zero-order chi connectivity index (χ0) is 26.9. The third-order valence-corrected chi connectivity index (χ3v) is 9.15. The maximum absolute atomic E-state index is 14.1. The van der Waals surface area contributed by atoms with Crippen LogP contribution < -0.4 is 15.4 Å². The number of carbonyl (C=O) groups is 2. The summed E-state index contributed by atoms with van der Waals surface area (Å²) in [5.41, 5.74) is 9.68. The van der Waals surface area contributed by atoms with Crippen LogP contribution in [0.2, 0.25) is 0 Å². The van der Waals surface area contributed by atoms with Gasteiger partial charge in [0.1, 0.15) is 11.4 Å². The highest BCUT2D eigenvalue weighted by atomic mass is 16.5. The maximum atomic E-state index is 14.1. The predicted molar refractivity (Wildman–Crippen MR) is 146 cm³/mol. The highest BCUT2D eigenvalue weighted by Crippen LogP contribution is 2.55.